The highest BCUT2D eigenvalue weighted by atomic mass is 35.5. The lowest BCUT2D eigenvalue weighted by Crippen LogP contribution is -2.31. The van der Waals surface area contributed by atoms with Gasteiger partial charge in [-0.2, -0.15) is 13.2 Å². The molecule has 3 aromatic carbocycles. The van der Waals surface area contributed by atoms with Crippen LogP contribution in [0.2, 0.25) is 5.02 Å². The van der Waals surface area contributed by atoms with E-state index in [9.17, 15) is 26.4 Å². The average molecular weight is 569 g/mol. The van der Waals surface area contributed by atoms with E-state index < -0.39 is 27.5 Å². The number of sulfonamides is 1. The second-order valence-corrected chi connectivity index (χ2v) is 11.0. The topological polar surface area (TPSA) is 75.7 Å². The van der Waals surface area contributed by atoms with Crippen LogP contribution in [0.1, 0.15) is 40.4 Å². The predicted octanol–water partition coefficient (Wildman–Crippen LogP) is 6.09. The Hall–Kier alpha value is -3.24. The van der Waals surface area contributed by atoms with Crippen molar-refractivity contribution in [2.45, 2.75) is 32.5 Å². The Morgan fingerprint density at radius 3 is 2.21 bits per heavy atom. The minimum atomic E-state index is -4.81. The summed E-state index contributed by atoms with van der Waals surface area (Å²) in [7, 11) is -4.08. The summed E-state index contributed by atoms with van der Waals surface area (Å²) in [5, 5.41) is 2.57. The summed E-state index contributed by atoms with van der Waals surface area (Å²) in [5.74, 6) is 0.337. The van der Waals surface area contributed by atoms with Gasteiger partial charge in [-0.15, -0.1) is 0 Å². The highest BCUT2D eigenvalue weighted by Crippen LogP contribution is 2.39. The molecule has 1 amide bonds. The van der Waals surface area contributed by atoms with Crippen molar-refractivity contribution in [3.05, 3.63) is 94.0 Å². The third-order valence-corrected chi connectivity index (χ3v) is 6.96. The summed E-state index contributed by atoms with van der Waals surface area (Å²) >= 11 is 5.73. The number of anilines is 1. The van der Waals surface area contributed by atoms with Crippen LogP contribution in [0.3, 0.4) is 0 Å². The van der Waals surface area contributed by atoms with Gasteiger partial charge in [0, 0.05) is 10.6 Å². The lowest BCUT2D eigenvalue weighted by molar-refractivity contribution is -0.137. The van der Waals surface area contributed by atoms with Crippen molar-refractivity contribution >= 4 is 33.2 Å². The third-order valence-electron chi connectivity index (χ3n) is 5.59. The lowest BCUT2D eigenvalue weighted by Gasteiger charge is -2.26. The van der Waals surface area contributed by atoms with Crippen LogP contribution in [-0.4, -0.2) is 33.7 Å². The standard InChI is InChI=1S/C27H28ClF3N2O4S/c1-3-4-19-7-12-23(13-8-19)37-16-15-32-26(34)21-9-5-20(6-10-21)18-33(38(2,35)36)25-14-11-22(28)17-24(25)27(29,30)31/h5-14,17H,3-4,15-16,18H2,1-2H3,(H,32,34). The van der Waals surface area contributed by atoms with Gasteiger partial charge in [0.05, 0.1) is 30.6 Å². The average Bonchev–Trinajstić information content (AvgIpc) is 2.85. The molecule has 0 atom stereocenters. The van der Waals surface area contributed by atoms with E-state index in [-0.39, 0.29) is 30.6 Å². The molecule has 6 nitrogen and oxygen atoms in total. The summed E-state index contributed by atoms with van der Waals surface area (Å²) in [6.45, 7) is 2.27. The number of aryl methyl sites for hydroxylation is 1. The predicted molar refractivity (Wildman–Crippen MR) is 142 cm³/mol. The van der Waals surface area contributed by atoms with Crippen molar-refractivity contribution in [1.82, 2.24) is 5.32 Å². The molecule has 0 aliphatic carbocycles. The number of rotatable bonds is 11. The van der Waals surface area contributed by atoms with Crippen LogP contribution < -0.4 is 14.4 Å². The third kappa shape index (κ3) is 8.13. The van der Waals surface area contributed by atoms with Gasteiger partial charge in [0.2, 0.25) is 10.0 Å². The molecule has 0 radical (unpaired) electrons. The van der Waals surface area contributed by atoms with Gasteiger partial charge < -0.3 is 10.1 Å². The van der Waals surface area contributed by atoms with E-state index in [4.69, 9.17) is 16.3 Å². The van der Waals surface area contributed by atoms with E-state index in [0.717, 1.165) is 25.2 Å². The zero-order valence-corrected chi connectivity index (χ0v) is 22.5. The van der Waals surface area contributed by atoms with Gasteiger partial charge in [-0.3, -0.25) is 9.10 Å². The Labute approximate surface area is 225 Å². The van der Waals surface area contributed by atoms with Crippen molar-refractivity contribution in [1.29, 1.82) is 0 Å². The van der Waals surface area contributed by atoms with Gasteiger partial charge in [-0.1, -0.05) is 49.2 Å². The molecule has 3 rings (SSSR count). The molecule has 0 spiro atoms. The largest absolute Gasteiger partial charge is 0.492 e. The van der Waals surface area contributed by atoms with Crippen LogP contribution in [0.5, 0.6) is 5.75 Å². The molecule has 11 heteroatoms. The number of benzene rings is 3. The molecule has 0 saturated carbocycles. The first-order chi connectivity index (χ1) is 17.9. The second kappa shape index (κ2) is 12.5. The number of carbonyl (C=O) groups excluding carboxylic acids is 1. The molecule has 38 heavy (non-hydrogen) atoms. The molecule has 0 aromatic heterocycles. The fourth-order valence-corrected chi connectivity index (χ4v) is 4.81. The quantitative estimate of drug-likeness (QED) is 0.284. The molecule has 0 heterocycles. The molecule has 0 fully saturated rings. The first kappa shape index (κ1) is 29.3. The van der Waals surface area contributed by atoms with Crippen molar-refractivity contribution < 1.29 is 31.1 Å². The molecule has 0 saturated heterocycles. The van der Waals surface area contributed by atoms with Gasteiger partial charge in [0.1, 0.15) is 12.4 Å². The number of halogens is 4. The Bertz CT molecular complexity index is 1350. The molecule has 204 valence electrons. The van der Waals surface area contributed by atoms with E-state index in [1.165, 1.54) is 35.9 Å². The maximum absolute atomic E-state index is 13.6. The number of carbonyl (C=O) groups is 1. The number of nitrogens with zero attached hydrogens (tertiary/aromatic N) is 1. The van der Waals surface area contributed by atoms with Gasteiger partial charge in [-0.25, -0.2) is 8.42 Å². The second-order valence-electron chi connectivity index (χ2n) is 8.62. The number of nitrogens with one attached hydrogen (secondary N) is 1. The molecular formula is C27H28ClF3N2O4S. The maximum Gasteiger partial charge on any atom is 0.418 e. The summed E-state index contributed by atoms with van der Waals surface area (Å²) in [6.07, 6.45) is -1.93. The van der Waals surface area contributed by atoms with Crippen LogP contribution in [0.15, 0.2) is 66.7 Å². The minimum absolute atomic E-state index is 0.167. The number of ether oxygens (including phenoxy) is 1. The Morgan fingerprint density at radius 2 is 1.63 bits per heavy atom. The Balaban J connectivity index is 1.63. The van der Waals surface area contributed by atoms with Crippen molar-refractivity contribution in [2.75, 3.05) is 23.7 Å². The van der Waals surface area contributed by atoms with Gasteiger partial charge in [0.25, 0.3) is 5.91 Å². The van der Waals surface area contributed by atoms with E-state index in [1.54, 1.807) is 0 Å². The normalized spacial score (nSPS) is 11.7. The molecule has 0 unspecified atom stereocenters. The van der Waals surface area contributed by atoms with Crippen LogP contribution in [-0.2, 0) is 29.2 Å². The van der Waals surface area contributed by atoms with Gasteiger partial charge in [0.15, 0.2) is 0 Å². The van der Waals surface area contributed by atoms with Crippen molar-refractivity contribution in [3.8, 4) is 5.75 Å². The van der Waals surface area contributed by atoms with Crippen LogP contribution >= 0.6 is 11.6 Å². The fraction of sp³-hybridized carbons (Fsp3) is 0.296. The molecule has 0 aliphatic rings. The number of alkyl halides is 3. The highest BCUT2D eigenvalue weighted by Gasteiger charge is 2.37. The first-order valence-corrected chi connectivity index (χ1v) is 14.0. The SMILES string of the molecule is CCCc1ccc(OCCNC(=O)c2ccc(CN(c3ccc(Cl)cc3C(F)(F)F)S(C)(=O)=O)cc2)cc1. The van der Waals surface area contributed by atoms with Gasteiger partial charge >= 0.3 is 6.18 Å². The van der Waals surface area contributed by atoms with E-state index in [2.05, 4.69) is 12.2 Å². The van der Waals surface area contributed by atoms with E-state index in [1.807, 2.05) is 24.3 Å². The van der Waals surface area contributed by atoms with Crippen LogP contribution in [0, 0.1) is 0 Å². The minimum Gasteiger partial charge on any atom is -0.492 e. The summed E-state index contributed by atoms with van der Waals surface area (Å²) in [6, 6.07) is 16.6. The highest BCUT2D eigenvalue weighted by molar-refractivity contribution is 7.92. The summed E-state index contributed by atoms with van der Waals surface area (Å²) in [5.41, 5.74) is 0.234. The monoisotopic (exact) mass is 568 g/mol. The summed E-state index contributed by atoms with van der Waals surface area (Å²) in [4.78, 5) is 12.5. The van der Waals surface area contributed by atoms with Crippen LogP contribution in [0.4, 0.5) is 18.9 Å². The van der Waals surface area contributed by atoms with Crippen molar-refractivity contribution in [2.24, 2.45) is 0 Å². The van der Waals surface area contributed by atoms with Gasteiger partial charge in [-0.05, 0) is 60.0 Å². The van der Waals surface area contributed by atoms with Crippen LogP contribution in [0.25, 0.3) is 0 Å². The lowest BCUT2D eigenvalue weighted by atomic mass is 10.1. The van der Waals surface area contributed by atoms with Crippen molar-refractivity contribution in [3.63, 3.8) is 0 Å². The molecule has 0 bridgehead atoms. The molecular weight excluding hydrogens is 541 g/mol. The number of hydrogen-bond donors (Lipinski definition) is 1. The zero-order valence-electron chi connectivity index (χ0n) is 20.9. The number of hydrogen-bond acceptors (Lipinski definition) is 4. The smallest absolute Gasteiger partial charge is 0.418 e. The van der Waals surface area contributed by atoms with E-state index >= 15 is 0 Å². The molecule has 0 aliphatic heterocycles. The molecule has 3 aromatic rings. The first-order valence-electron chi connectivity index (χ1n) is 11.8. The Kier molecular flexibility index (Phi) is 9.67. The Morgan fingerprint density at radius 1 is 1.00 bits per heavy atom. The summed E-state index contributed by atoms with van der Waals surface area (Å²) < 4.78 is 71.9. The number of amides is 1. The molecule has 1 N–H and O–H groups in total. The fourth-order valence-electron chi connectivity index (χ4n) is 3.74. The zero-order chi connectivity index (χ0) is 27.9. The van der Waals surface area contributed by atoms with E-state index in [0.29, 0.717) is 27.2 Å². The maximum atomic E-state index is 13.6.